The Labute approximate surface area is 167 Å². The molecule has 2 aromatic heterocycles. The fraction of sp³-hybridized carbons (Fsp3) is 0.375. The number of morpholine rings is 1. The predicted octanol–water partition coefficient (Wildman–Crippen LogP) is 2.07. The SMILES string of the molecule is Cc1nc(N2CCOCC2)sc1C(=O)NNC(=O)c1cccnc1SC(F)F. The van der Waals surface area contributed by atoms with Crippen molar-refractivity contribution in [2.24, 2.45) is 0 Å². The van der Waals surface area contributed by atoms with E-state index in [1.54, 1.807) is 6.92 Å². The van der Waals surface area contributed by atoms with Gasteiger partial charge in [-0.15, -0.1) is 0 Å². The molecule has 0 aliphatic carbocycles. The molecule has 0 radical (unpaired) electrons. The van der Waals surface area contributed by atoms with E-state index in [2.05, 4.69) is 20.8 Å². The topological polar surface area (TPSA) is 96.5 Å². The molecule has 0 spiro atoms. The minimum absolute atomic E-state index is 0.0527. The first-order chi connectivity index (χ1) is 13.5. The Kier molecular flexibility index (Phi) is 6.75. The molecule has 2 N–H and O–H groups in total. The predicted molar refractivity (Wildman–Crippen MR) is 101 cm³/mol. The van der Waals surface area contributed by atoms with Crippen LogP contribution in [0.4, 0.5) is 13.9 Å². The smallest absolute Gasteiger partial charge is 0.290 e. The number of hydrogen-bond donors (Lipinski definition) is 2. The normalized spacial score (nSPS) is 14.2. The van der Waals surface area contributed by atoms with Crippen molar-refractivity contribution in [3.8, 4) is 0 Å². The molecule has 1 aliphatic rings. The van der Waals surface area contributed by atoms with Crippen molar-refractivity contribution in [2.45, 2.75) is 17.7 Å². The van der Waals surface area contributed by atoms with Crippen molar-refractivity contribution in [1.82, 2.24) is 20.8 Å². The van der Waals surface area contributed by atoms with E-state index < -0.39 is 17.6 Å². The zero-order valence-electron chi connectivity index (χ0n) is 14.8. The highest BCUT2D eigenvalue weighted by Gasteiger charge is 2.22. The average molecular weight is 429 g/mol. The lowest BCUT2D eigenvalue weighted by molar-refractivity contribution is 0.0846. The van der Waals surface area contributed by atoms with Crippen molar-refractivity contribution in [3.63, 3.8) is 0 Å². The maximum absolute atomic E-state index is 12.6. The molecule has 28 heavy (non-hydrogen) atoms. The van der Waals surface area contributed by atoms with E-state index in [9.17, 15) is 18.4 Å². The molecule has 2 amide bonds. The molecule has 0 atom stereocenters. The Bertz CT molecular complexity index is 859. The van der Waals surface area contributed by atoms with Crippen molar-refractivity contribution in [1.29, 1.82) is 0 Å². The maximum atomic E-state index is 12.6. The number of carbonyl (C=O) groups is 2. The third-order valence-electron chi connectivity index (χ3n) is 3.78. The third-order valence-corrected chi connectivity index (χ3v) is 5.72. The highest BCUT2D eigenvalue weighted by molar-refractivity contribution is 7.99. The quantitative estimate of drug-likeness (QED) is 0.555. The number of carbonyl (C=O) groups excluding carboxylic acids is 2. The van der Waals surface area contributed by atoms with Crippen LogP contribution >= 0.6 is 23.1 Å². The first kappa shape index (κ1) is 20.4. The van der Waals surface area contributed by atoms with Crippen LogP contribution in [-0.4, -0.2) is 53.8 Å². The number of aromatic nitrogens is 2. The number of ether oxygens (including phenoxy) is 1. The number of aryl methyl sites for hydroxylation is 1. The molecule has 1 aliphatic heterocycles. The molecule has 2 aromatic rings. The number of thiazole rings is 1. The van der Waals surface area contributed by atoms with E-state index in [4.69, 9.17) is 4.74 Å². The molecule has 0 unspecified atom stereocenters. The van der Waals surface area contributed by atoms with E-state index in [1.165, 1.54) is 29.7 Å². The fourth-order valence-electron chi connectivity index (χ4n) is 2.46. The van der Waals surface area contributed by atoms with E-state index in [0.29, 0.717) is 42.0 Å². The lowest BCUT2D eigenvalue weighted by Crippen LogP contribution is -2.41. The Morgan fingerprint density at radius 3 is 2.71 bits per heavy atom. The van der Waals surface area contributed by atoms with Crippen LogP contribution in [0.3, 0.4) is 0 Å². The molecule has 0 saturated carbocycles. The molecule has 0 bridgehead atoms. The number of thioether (sulfide) groups is 1. The van der Waals surface area contributed by atoms with Crippen LogP contribution in [0.15, 0.2) is 23.4 Å². The molecular weight excluding hydrogens is 412 g/mol. The van der Waals surface area contributed by atoms with Gasteiger partial charge in [0.15, 0.2) is 5.13 Å². The van der Waals surface area contributed by atoms with Gasteiger partial charge in [-0.25, -0.2) is 9.97 Å². The molecule has 1 saturated heterocycles. The minimum atomic E-state index is -2.71. The van der Waals surface area contributed by atoms with E-state index in [1.807, 2.05) is 4.90 Å². The number of pyridine rings is 1. The second-order valence-electron chi connectivity index (χ2n) is 5.65. The summed E-state index contributed by atoms with van der Waals surface area (Å²) in [5.41, 5.74) is 5.02. The minimum Gasteiger partial charge on any atom is -0.378 e. The van der Waals surface area contributed by atoms with Crippen LogP contribution in [0, 0.1) is 6.92 Å². The fourth-order valence-corrected chi connectivity index (χ4v) is 4.05. The summed E-state index contributed by atoms with van der Waals surface area (Å²) in [6.45, 7) is 4.28. The number of amides is 2. The van der Waals surface area contributed by atoms with Gasteiger partial charge in [0.05, 0.1) is 24.5 Å². The molecule has 1 fully saturated rings. The van der Waals surface area contributed by atoms with Crippen LogP contribution in [0.1, 0.15) is 25.7 Å². The van der Waals surface area contributed by atoms with Gasteiger partial charge in [0.2, 0.25) is 0 Å². The zero-order chi connectivity index (χ0) is 20.1. The lowest BCUT2D eigenvalue weighted by Gasteiger charge is -2.25. The van der Waals surface area contributed by atoms with Crippen LogP contribution in [0.25, 0.3) is 0 Å². The summed E-state index contributed by atoms with van der Waals surface area (Å²) in [7, 11) is 0. The summed E-state index contributed by atoms with van der Waals surface area (Å²) in [6.07, 6.45) is 1.31. The van der Waals surface area contributed by atoms with Gasteiger partial charge in [0.25, 0.3) is 17.6 Å². The van der Waals surface area contributed by atoms with Gasteiger partial charge in [-0.2, -0.15) is 8.78 Å². The number of anilines is 1. The number of halogens is 2. The number of nitrogens with one attached hydrogen (secondary N) is 2. The van der Waals surface area contributed by atoms with Crippen molar-refractivity contribution in [3.05, 3.63) is 34.5 Å². The summed E-state index contributed by atoms with van der Waals surface area (Å²) in [6, 6.07) is 2.81. The van der Waals surface area contributed by atoms with Gasteiger partial charge >= 0.3 is 0 Å². The molecule has 3 rings (SSSR count). The summed E-state index contributed by atoms with van der Waals surface area (Å²) in [4.78, 5) is 35.3. The summed E-state index contributed by atoms with van der Waals surface area (Å²) >= 11 is 1.38. The molecule has 8 nitrogen and oxygen atoms in total. The number of hydrazine groups is 1. The Morgan fingerprint density at radius 2 is 2.00 bits per heavy atom. The van der Waals surface area contributed by atoms with E-state index in [0.717, 1.165) is 0 Å². The molecule has 3 heterocycles. The average Bonchev–Trinajstić information content (AvgIpc) is 3.08. The zero-order valence-corrected chi connectivity index (χ0v) is 16.4. The molecule has 12 heteroatoms. The van der Waals surface area contributed by atoms with E-state index >= 15 is 0 Å². The highest BCUT2D eigenvalue weighted by Crippen LogP contribution is 2.27. The number of hydrogen-bond acceptors (Lipinski definition) is 8. The first-order valence-electron chi connectivity index (χ1n) is 8.26. The molecule has 0 aromatic carbocycles. The monoisotopic (exact) mass is 429 g/mol. The largest absolute Gasteiger partial charge is 0.378 e. The Morgan fingerprint density at radius 1 is 1.29 bits per heavy atom. The standard InChI is InChI=1S/C16H17F2N5O3S2/c1-9-11(27-16(20-9)23-5-7-26-8-6-23)13(25)22-21-12(24)10-3-2-4-19-14(10)28-15(17)18/h2-4,15H,5-8H2,1H3,(H,21,24)(H,22,25). The number of nitrogens with zero attached hydrogens (tertiary/aromatic N) is 3. The van der Waals surface area contributed by atoms with Gasteiger partial charge in [0, 0.05) is 19.3 Å². The first-order valence-corrected chi connectivity index (χ1v) is 9.96. The van der Waals surface area contributed by atoms with Gasteiger partial charge in [-0.1, -0.05) is 11.3 Å². The third kappa shape index (κ3) is 4.94. The Hall–Kier alpha value is -2.31. The Balaban J connectivity index is 1.64. The van der Waals surface area contributed by atoms with Gasteiger partial charge in [-0.3, -0.25) is 20.4 Å². The molecule has 150 valence electrons. The lowest BCUT2D eigenvalue weighted by atomic mass is 10.3. The molecular formula is C16H17F2N5O3S2. The highest BCUT2D eigenvalue weighted by atomic mass is 32.2. The van der Waals surface area contributed by atoms with Gasteiger partial charge < -0.3 is 9.64 Å². The van der Waals surface area contributed by atoms with Crippen LogP contribution < -0.4 is 15.8 Å². The summed E-state index contributed by atoms with van der Waals surface area (Å²) in [5.74, 6) is -3.98. The van der Waals surface area contributed by atoms with Crippen LogP contribution in [-0.2, 0) is 4.74 Å². The van der Waals surface area contributed by atoms with Crippen LogP contribution in [0.5, 0.6) is 0 Å². The second-order valence-corrected chi connectivity index (χ2v) is 7.61. The maximum Gasteiger partial charge on any atom is 0.290 e. The number of rotatable bonds is 5. The number of alkyl halides is 2. The van der Waals surface area contributed by atoms with Gasteiger partial charge in [0.1, 0.15) is 9.90 Å². The van der Waals surface area contributed by atoms with Gasteiger partial charge in [-0.05, 0) is 30.8 Å². The second kappa shape index (κ2) is 9.26. The van der Waals surface area contributed by atoms with Crippen molar-refractivity contribution < 1.29 is 23.1 Å². The van der Waals surface area contributed by atoms with Crippen LogP contribution in [0.2, 0.25) is 0 Å². The summed E-state index contributed by atoms with van der Waals surface area (Å²) < 4.78 is 30.5. The summed E-state index contributed by atoms with van der Waals surface area (Å²) in [5, 5.41) is 0.591. The van der Waals surface area contributed by atoms with Crippen molar-refractivity contribution in [2.75, 3.05) is 31.2 Å². The van der Waals surface area contributed by atoms with Crippen molar-refractivity contribution >= 4 is 40.0 Å². The van der Waals surface area contributed by atoms with E-state index in [-0.39, 0.29) is 22.4 Å².